The molecule has 6 nitrogen and oxygen atoms in total. The number of H-pyrrole nitrogens is 1. The summed E-state index contributed by atoms with van der Waals surface area (Å²) in [6.45, 7) is 3.71. The highest BCUT2D eigenvalue weighted by Gasteiger charge is 2.21. The van der Waals surface area contributed by atoms with E-state index in [1.165, 1.54) is 11.3 Å². The van der Waals surface area contributed by atoms with Crippen LogP contribution in [0.25, 0.3) is 21.7 Å². The van der Waals surface area contributed by atoms with E-state index in [0.717, 1.165) is 21.3 Å². The zero-order valence-corrected chi connectivity index (χ0v) is 14.5. The molecule has 1 aromatic carbocycles. The Morgan fingerprint density at radius 1 is 1.28 bits per heavy atom. The molecule has 25 heavy (non-hydrogen) atoms. The molecule has 4 aromatic rings. The summed E-state index contributed by atoms with van der Waals surface area (Å²) >= 11 is 1.51. The lowest BCUT2D eigenvalue weighted by Crippen LogP contribution is -2.09. The first-order valence-corrected chi connectivity index (χ1v) is 8.66. The largest absolute Gasteiger partial charge is 0.448 e. The first-order valence-electron chi connectivity index (χ1n) is 7.78. The van der Waals surface area contributed by atoms with Crippen molar-refractivity contribution in [3.63, 3.8) is 0 Å². The average molecular weight is 353 g/mol. The van der Waals surface area contributed by atoms with E-state index in [-0.39, 0.29) is 5.89 Å². The van der Waals surface area contributed by atoms with Crippen molar-refractivity contribution in [3.8, 4) is 10.8 Å². The predicted octanol–water partition coefficient (Wildman–Crippen LogP) is 4.51. The van der Waals surface area contributed by atoms with Gasteiger partial charge in [0.15, 0.2) is 6.10 Å². The van der Waals surface area contributed by atoms with Crippen molar-refractivity contribution >= 4 is 28.2 Å². The molecule has 1 N–H and O–H groups in total. The Hall–Kier alpha value is -2.93. The lowest BCUT2D eigenvalue weighted by Gasteiger charge is -2.07. The predicted molar refractivity (Wildman–Crippen MR) is 94.5 cm³/mol. The molecule has 3 aromatic heterocycles. The second kappa shape index (κ2) is 6.18. The van der Waals surface area contributed by atoms with Crippen molar-refractivity contribution in [1.29, 1.82) is 0 Å². The first kappa shape index (κ1) is 15.6. The van der Waals surface area contributed by atoms with E-state index in [9.17, 15) is 4.79 Å². The Morgan fingerprint density at radius 3 is 2.96 bits per heavy atom. The maximum atomic E-state index is 12.4. The topological polar surface area (TPSA) is 81.0 Å². The van der Waals surface area contributed by atoms with Gasteiger partial charge in [-0.3, -0.25) is 0 Å². The van der Waals surface area contributed by atoms with Gasteiger partial charge in [-0.15, -0.1) is 21.5 Å². The summed E-state index contributed by atoms with van der Waals surface area (Å²) in [5.74, 6) is 0.231. The van der Waals surface area contributed by atoms with Crippen LogP contribution in [0.1, 0.15) is 35.0 Å². The maximum absolute atomic E-state index is 12.4. The van der Waals surface area contributed by atoms with Gasteiger partial charge >= 0.3 is 5.97 Å². The SMILES string of the molecule is Cc1ccc2[nH]c(C(=O)OC(C)c3nnc(-c4cccs4)o3)cc2c1. The molecule has 4 rings (SSSR count). The summed E-state index contributed by atoms with van der Waals surface area (Å²) < 4.78 is 11.1. The van der Waals surface area contributed by atoms with Crippen molar-refractivity contribution in [2.24, 2.45) is 0 Å². The van der Waals surface area contributed by atoms with Crippen LogP contribution in [-0.4, -0.2) is 21.2 Å². The quantitative estimate of drug-likeness (QED) is 0.546. The Labute approximate surface area is 147 Å². The van der Waals surface area contributed by atoms with Crippen molar-refractivity contribution < 1.29 is 13.9 Å². The third-order valence-electron chi connectivity index (χ3n) is 3.80. The number of hydrogen-bond donors (Lipinski definition) is 1. The Bertz CT molecular complexity index is 1030. The molecule has 0 spiro atoms. The fourth-order valence-corrected chi connectivity index (χ4v) is 3.18. The molecule has 0 aliphatic heterocycles. The lowest BCUT2D eigenvalue weighted by molar-refractivity contribution is 0.0274. The number of ether oxygens (including phenoxy) is 1. The van der Waals surface area contributed by atoms with Gasteiger partial charge in [0.05, 0.1) is 4.88 Å². The fourth-order valence-electron chi connectivity index (χ4n) is 2.54. The highest BCUT2D eigenvalue weighted by atomic mass is 32.1. The van der Waals surface area contributed by atoms with Gasteiger partial charge in [0, 0.05) is 10.9 Å². The van der Waals surface area contributed by atoms with Gasteiger partial charge in [0.2, 0.25) is 0 Å². The number of rotatable bonds is 4. The van der Waals surface area contributed by atoms with Gasteiger partial charge in [-0.05, 0) is 43.5 Å². The normalized spacial score (nSPS) is 12.4. The minimum atomic E-state index is -0.637. The molecule has 1 atom stereocenters. The molecule has 126 valence electrons. The van der Waals surface area contributed by atoms with Crippen LogP contribution < -0.4 is 0 Å². The summed E-state index contributed by atoms with van der Waals surface area (Å²) in [6, 6.07) is 11.5. The number of hydrogen-bond acceptors (Lipinski definition) is 6. The number of aromatic nitrogens is 3. The van der Waals surface area contributed by atoms with Crippen molar-refractivity contribution in [2.75, 3.05) is 0 Å². The smallest absolute Gasteiger partial charge is 0.355 e. The Kier molecular flexibility index (Phi) is 3.85. The molecule has 7 heteroatoms. The standard InChI is InChI=1S/C18H15N3O3S/c1-10-5-6-13-12(8-10)9-14(19-13)18(22)23-11(2)16-20-21-17(24-16)15-4-3-7-25-15/h3-9,11,19H,1-2H3. The number of aromatic amines is 1. The van der Waals surface area contributed by atoms with Gasteiger partial charge in [-0.1, -0.05) is 17.7 Å². The van der Waals surface area contributed by atoms with Crippen molar-refractivity contribution in [1.82, 2.24) is 15.2 Å². The van der Waals surface area contributed by atoms with E-state index in [1.54, 1.807) is 13.0 Å². The van der Waals surface area contributed by atoms with Crippen LogP contribution in [0.3, 0.4) is 0 Å². The van der Waals surface area contributed by atoms with E-state index >= 15 is 0 Å². The zero-order valence-electron chi connectivity index (χ0n) is 13.6. The molecular formula is C18H15N3O3S. The zero-order chi connectivity index (χ0) is 17.4. The van der Waals surface area contributed by atoms with E-state index < -0.39 is 12.1 Å². The minimum absolute atomic E-state index is 0.267. The molecule has 0 aliphatic rings. The fraction of sp³-hybridized carbons (Fsp3) is 0.167. The molecular weight excluding hydrogens is 338 g/mol. The highest BCUT2D eigenvalue weighted by molar-refractivity contribution is 7.13. The molecule has 0 saturated heterocycles. The molecule has 0 amide bonds. The molecule has 1 unspecified atom stereocenters. The third kappa shape index (κ3) is 3.06. The maximum Gasteiger partial charge on any atom is 0.355 e. The van der Waals surface area contributed by atoms with Gasteiger partial charge in [0.1, 0.15) is 5.69 Å². The van der Waals surface area contributed by atoms with Crippen LogP contribution in [0.4, 0.5) is 0 Å². The Balaban J connectivity index is 1.51. The third-order valence-corrected chi connectivity index (χ3v) is 4.66. The van der Waals surface area contributed by atoms with Gasteiger partial charge in [0.25, 0.3) is 11.8 Å². The number of esters is 1. The summed E-state index contributed by atoms with van der Waals surface area (Å²) in [6.07, 6.45) is -0.637. The van der Waals surface area contributed by atoms with Crippen LogP contribution in [0.5, 0.6) is 0 Å². The number of thiophene rings is 1. The second-order valence-corrected chi connectivity index (χ2v) is 6.69. The summed E-state index contributed by atoms with van der Waals surface area (Å²) in [5, 5.41) is 10.9. The van der Waals surface area contributed by atoms with Crippen LogP contribution in [-0.2, 0) is 4.74 Å². The van der Waals surface area contributed by atoms with Crippen molar-refractivity contribution in [3.05, 3.63) is 58.9 Å². The van der Waals surface area contributed by atoms with E-state index in [2.05, 4.69) is 15.2 Å². The summed E-state index contributed by atoms with van der Waals surface area (Å²) in [4.78, 5) is 16.3. The first-order chi connectivity index (χ1) is 12.1. The average Bonchev–Trinajstić information content (AvgIpc) is 3.33. The molecule has 0 saturated carbocycles. The molecule has 0 aliphatic carbocycles. The molecule has 0 radical (unpaired) electrons. The summed E-state index contributed by atoms with van der Waals surface area (Å²) in [7, 11) is 0. The number of nitrogens with zero attached hydrogens (tertiary/aromatic N) is 2. The van der Waals surface area contributed by atoms with Gasteiger partial charge in [-0.2, -0.15) is 0 Å². The minimum Gasteiger partial charge on any atom is -0.448 e. The summed E-state index contributed by atoms with van der Waals surface area (Å²) in [5.41, 5.74) is 2.42. The number of carbonyl (C=O) groups excluding carboxylic acids is 1. The molecule has 0 fully saturated rings. The number of fused-ring (bicyclic) bond motifs is 1. The second-order valence-electron chi connectivity index (χ2n) is 5.74. The molecule has 3 heterocycles. The Morgan fingerprint density at radius 2 is 2.16 bits per heavy atom. The number of aryl methyl sites for hydroxylation is 1. The number of carbonyl (C=O) groups is 1. The lowest BCUT2D eigenvalue weighted by atomic mass is 10.2. The van der Waals surface area contributed by atoms with Crippen LogP contribution in [0, 0.1) is 6.92 Å². The van der Waals surface area contributed by atoms with Crippen molar-refractivity contribution in [2.45, 2.75) is 20.0 Å². The molecule has 0 bridgehead atoms. The van der Waals surface area contributed by atoms with Crippen LogP contribution >= 0.6 is 11.3 Å². The van der Waals surface area contributed by atoms with Gasteiger partial charge in [-0.25, -0.2) is 4.79 Å². The number of nitrogens with one attached hydrogen (secondary N) is 1. The van der Waals surface area contributed by atoms with Crippen LogP contribution in [0.15, 0.2) is 46.2 Å². The highest BCUT2D eigenvalue weighted by Crippen LogP contribution is 2.26. The number of benzene rings is 1. The van der Waals surface area contributed by atoms with E-state index in [4.69, 9.17) is 9.15 Å². The van der Waals surface area contributed by atoms with Gasteiger partial charge < -0.3 is 14.1 Å². The van der Waals surface area contributed by atoms with E-state index in [1.807, 2.05) is 42.6 Å². The monoisotopic (exact) mass is 353 g/mol. The van der Waals surface area contributed by atoms with Crippen LogP contribution in [0.2, 0.25) is 0 Å². The van der Waals surface area contributed by atoms with E-state index in [0.29, 0.717) is 11.6 Å².